The number of hydrogen-bond donors (Lipinski definition) is 1. The van der Waals surface area contributed by atoms with Crippen LogP contribution in [0, 0.1) is 5.92 Å². The molecule has 4 aromatic rings. The monoisotopic (exact) mass is 474 g/mol. The molecular weight excluding hydrogens is 440 g/mol. The van der Waals surface area contributed by atoms with Gasteiger partial charge in [0.15, 0.2) is 5.82 Å². The van der Waals surface area contributed by atoms with Crippen LogP contribution in [0.5, 0.6) is 5.75 Å². The number of ether oxygens (including phenoxy) is 1. The van der Waals surface area contributed by atoms with Crippen LogP contribution in [0.2, 0.25) is 0 Å². The topological polar surface area (TPSA) is 44.0 Å². The second-order valence-electron chi connectivity index (χ2n) is 9.97. The van der Waals surface area contributed by atoms with Gasteiger partial charge in [0.25, 0.3) is 0 Å². The fourth-order valence-corrected chi connectivity index (χ4v) is 6.09. The highest BCUT2D eigenvalue weighted by molar-refractivity contribution is 7.17. The van der Waals surface area contributed by atoms with Crippen LogP contribution in [0.3, 0.4) is 0 Å². The zero-order valence-electron chi connectivity index (χ0n) is 20.0. The Bertz CT molecular complexity index is 1240. The van der Waals surface area contributed by atoms with Crippen molar-refractivity contribution in [2.45, 2.75) is 51.0 Å². The fourth-order valence-electron chi connectivity index (χ4n) is 5.24. The van der Waals surface area contributed by atoms with Gasteiger partial charge in [-0.15, -0.1) is 11.3 Å². The van der Waals surface area contributed by atoms with Crippen LogP contribution in [0.15, 0.2) is 48.0 Å². The second-order valence-corrected chi connectivity index (χ2v) is 10.9. The van der Waals surface area contributed by atoms with E-state index in [2.05, 4.69) is 69.5 Å². The summed E-state index contributed by atoms with van der Waals surface area (Å²) in [6.45, 7) is 4.00. The first-order valence-electron chi connectivity index (χ1n) is 12.8. The largest absolute Gasteiger partial charge is 0.493 e. The molecule has 5 nitrogen and oxygen atoms in total. The number of nitrogens with zero attached hydrogens (tertiary/aromatic N) is 3. The van der Waals surface area contributed by atoms with Crippen molar-refractivity contribution in [2.75, 3.05) is 19.7 Å². The third-order valence-electron chi connectivity index (χ3n) is 7.72. The summed E-state index contributed by atoms with van der Waals surface area (Å²) < 4.78 is 12.1. The molecule has 6 heteroatoms. The third-order valence-corrected chi connectivity index (χ3v) is 8.57. The first kappa shape index (κ1) is 21.9. The van der Waals surface area contributed by atoms with E-state index in [9.17, 15) is 0 Å². The Labute approximate surface area is 205 Å². The minimum atomic E-state index is 0.637. The van der Waals surface area contributed by atoms with Gasteiger partial charge in [0.2, 0.25) is 0 Å². The van der Waals surface area contributed by atoms with Crippen LogP contribution in [0.25, 0.3) is 21.7 Å². The van der Waals surface area contributed by atoms with Gasteiger partial charge in [0.1, 0.15) is 5.75 Å². The summed E-state index contributed by atoms with van der Waals surface area (Å²) in [5.41, 5.74) is 5.12. The maximum absolute atomic E-state index is 6.08. The number of rotatable bonds is 8. The molecule has 2 fully saturated rings. The van der Waals surface area contributed by atoms with Crippen LogP contribution >= 0.6 is 11.3 Å². The standard InChI is InChI=1S/C28H34N4OS/c1-31-25-12-16-34-27(25)17-26(31)28-30-24(22-3-2-4-22)18-32(28)15-11-20-5-7-23(8-6-20)33-19-21-9-13-29-14-10-21/h5-8,12,16-18,21-22,29H,2-4,9-11,13-15,19H2,1H3. The molecule has 0 atom stereocenters. The van der Waals surface area contributed by atoms with Gasteiger partial charge in [-0.1, -0.05) is 18.6 Å². The SMILES string of the molecule is Cn1c(-c2nc(C3CCC3)cn2CCc2ccc(OCC3CCNCC3)cc2)cc2sccc21. The van der Waals surface area contributed by atoms with Crippen LogP contribution < -0.4 is 10.1 Å². The summed E-state index contributed by atoms with van der Waals surface area (Å²) in [4.78, 5) is 5.16. The van der Waals surface area contributed by atoms with Crippen LogP contribution in [0.1, 0.15) is 49.3 Å². The summed E-state index contributed by atoms with van der Waals surface area (Å²) in [5, 5.41) is 5.59. The zero-order chi connectivity index (χ0) is 22.9. The van der Waals surface area contributed by atoms with E-state index in [0.29, 0.717) is 11.8 Å². The Balaban J connectivity index is 1.16. The number of hydrogen-bond acceptors (Lipinski definition) is 4. The van der Waals surface area contributed by atoms with E-state index in [-0.39, 0.29) is 0 Å². The van der Waals surface area contributed by atoms with Crippen molar-refractivity contribution in [1.29, 1.82) is 0 Å². The normalized spacial score (nSPS) is 17.3. The Morgan fingerprint density at radius 1 is 1.09 bits per heavy atom. The van der Waals surface area contributed by atoms with Crippen LogP contribution in [0.4, 0.5) is 0 Å². The molecule has 1 aromatic carbocycles. The zero-order valence-corrected chi connectivity index (χ0v) is 20.8. The number of imidazole rings is 1. The predicted octanol–water partition coefficient (Wildman–Crippen LogP) is 5.99. The van der Waals surface area contributed by atoms with E-state index in [1.807, 2.05) is 0 Å². The number of aryl methyl sites for hydroxylation is 3. The summed E-state index contributed by atoms with van der Waals surface area (Å²) in [5.74, 6) is 3.41. The summed E-state index contributed by atoms with van der Waals surface area (Å²) in [6.07, 6.45) is 9.62. The number of thiophene rings is 1. The third kappa shape index (κ3) is 4.41. The lowest BCUT2D eigenvalue weighted by Gasteiger charge is -2.22. The van der Waals surface area contributed by atoms with Crippen molar-refractivity contribution in [2.24, 2.45) is 13.0 Å². The molecule has 1 N–H and O–H groups in total. The van der Waals surface area contributed by atoms with Gasteiger partial charge in [0, 0.05) is 25.7 Å². The van der Waals surface area contributed by atoms with Gasteiger partial charge < -0.3 is 19.2 Å². The molecular formula is C28H34N4OS. The molecule has 0 amide bonds. The maximum atomic E-state index is 6.08. The van der Waals surface area contributed by atoms with E-state index in [4.69, 9.17) is 9.72 Å². The van der Waals surface area contributed by atoms with Crippen molar-refractivity contribution < 1.29 is 4.74 Å². The highest BCUT2D eigenvalue weighted by Gasteiger charge is 2.25. The van der Waals surface area contributed by atoms with Gasteiger partial charge in [-0.3, -0.25) is 0 Å². The Hall–Kier alpha value is -2.57. The quantitative estimate of drug-likeness (QED) is 0.341. The van der Waals surface area contributed by atoms with Gasteiger partial charge in [-0.2, -0.15) is 0 Å². The highest BCUT2D eigenvalue weighted by Crippen LogP contribution is 2.38. The molecule has 0 unspecified atom stereocenters. The fraction of sp³-hybridized carbons (Fsp3) is 0.464. The molecule has 178 valence electrons. The molecule has 34 heavy (non-hydrogen) atoms. The smallest absolute Gasteiger partial charge is 0.157 e. The minimum Gasteiger partial charge on any atom is -0.493 e. The molecule has 1 aliphatic carbocycles. The first-order chi connectivity index (χ1) is 16.7. The molecule has 2 aliphatic rings. The van der Waals surface area contributed by atoms with Crippen molar-refractivity contribution >= 4 is 21.6 Å². The van der Waals surface area contributed by atoms with Gasteiger partial charge in [0.05, 0.1) is 28.2 Å². The van der Waals surface area contributed by atoms with Crippen LogP contribution in [-0.4, -0.2) is 33.8 Å². The predicted molar refractivity (Wildman–Crippen MR) is 140 cm³/mol. The highest BCUT2D eigenvalue weighted by atomic mass is 32.1. The number of nitrogens with one attached hydrogen (secondary N) is 1. The maximum Gasteiger partial charge on any atom is 0.157 e. The average molecular weight is 475 g/mol. The average Bonchev–Trinajstić information content (AvgIpc) is 3.53. The Morgan fingerprint density at radius 3 is 2.65 bits per heavy atom. The molecule has 1 saturated carbocycles. The number of fused-ring (bicyclic) bond motifs is 1. The number of piperidine rings is 1. The second kappa shape index (κ2) is 9.59. The summed E-state index contributed by atoms with van der Waals surface area (Å²) in [6, 6.07) is 13.2. The van der Waals surface area contributed by atoms with E-state index in [0.717, 1.165) is 44.2 Å². The lowest BCUT2D eigenvalue weighted by atomic mass is 9.83. The van der Waals surface area contributed by atoms with Crippen LogP contribution in [-0.2, 0) is 20.0 Å². The van der Waals surface area contributed by atoms with E-state index >= 15 is 0 Å². The van der Waals surface area contributed by atoms with E-state index in [1.54, 1.807) is 11.3 Å². The first-order valence-corrected chi connectivity index (χ1v) is 13.7. The summed E-state index contributed by atoms with van der Waals surface area (Å²) in [7, 11) is 2.16. The van der Waals surface area contributed by atoms with Gasteiger partial charge >= 0.3 is 0 Å². The molecule has 1 aliphatic heterocycles. The molecule has 0 radical (unpaired) electrons. The molecule has 1 saturated heterocycles. The molecule has 3 aromatic heterocycles. The summed E-state index contributed by atoms with van der Waals surface area (Å²) >= 11 is 1.80. The van der Waals surface area contributed by atoms with Crippen molar-refractivity contribution in [3.8, 4) is 17.3 Å². The number of aromatic nitrogens is 3. The number of benzene rings is 1. The lowest BCUT2D eigenvalue weighted by Crippen LogP contribution is -2.30. The molecule has 6 rings (SSSR count). The molecule has 4 heterocycles. The van der Waals surface area contributed by atoms with Crippen molar-refractivity contribution in [3.63, 3.8) is 0 Å². The molecule has 0 spiro atoms. The lowest BCUT2D eigenvalue weighted by molar-refractivity contribution is 0.215. The minimum absolute atomic E-state index is 0.637. The molecule has 0 bridgehead atoms. The Kier molecular flexibility index (Phi) is 6.18. The van der Waals surface area contributed by atoms with Gasteiger partial charge in [-0.25, -0.2) is 4.98 Å². The van der Waals surface area contributed by atoms with Gasteiger partial charge in [-0.05, 0) is 86.3 Å². The van der Waals surface area contributed by atoms with E-state index < -0.39 is 0 Å². The Morgan fingerprint density at radius 2 is 1.91 bits per heavy atom. The van der Waals surface area contributed by atoms with E-state index in [1.165, 1.54) is 59.3 Å². The van der Waals surface area contributed by atoms with Crippen molar-refractivity contribution in [1.82, 2.24) is 19.4 Å². The van der Waals surface area contributed by atoms with Crippen molar-refractivity contribution in [3.05, 3.63) is 59.2 Å².